The van der Waals surface area contributed by atoms with Crippen molar-refractivity contribution >= 4 is 27.5 Å². The number of amides is 1. The summed E-state index contributed by atoms with van der Waals surface area (Å²) in [4.78, 5) is 19.3. The van der Waals surface area contributed by atoms with E-state index in [1.807, 2.05) is 48.2 Å². The first-order valence-electron chi connectivity index (χ1n) is 9.02. The molecule has 1 aliphatic heterocycles. The molecule has 1 atom stereocenters. The van der Waals surface area contributed by atoms with Gasteiger partial charge in [-0.1, -0.05) is 24.3 Å². The molecule has 3 aromatic rings. The number of ether oxygens (including phenoxy) is 1. The van der Waals surface area contributed by atoms with E-state index in [-0.39, 0.29) is 12.5 Å². The van der Waals surface area contributed by atoms with Crippen molar-refractivity contribution in [2.45, 2.75) is 25.7 Å². The Bertz CT molecular complexity index is 888. The summed E-state index contributed by atoms with van der Waals surface area (Å²) < 4.78 is 6.90. The van der Waals surface area contributed by atoms with Crippen LogP contribution in [0.15, 0.2) is 48.5 Å². The highest BCUT2D eigenvalue weighted by molar-refractivity contribution is 7.18. The van der Waals surface area contributed by atoms with Crippen LogP contribution in [0.25, 0.3) is 10.2 Å². The molecular weight excluding hydrogens is 344 g/mol. The van der Waals surface area contributed by atoms with Gasteiger partial charge in [-0.15, -0.1) is 11.3 Å². The molecule has 2 aromatic carbocycles. The number of thiazole rings is 1. The van der Waals surface area contributed by atoms with Crippen LogP contribution in [0.4, 0.5) is 0 Å². The van der Waals surface area contributed by atoms with E-state index in [1.54, 1.807) is 11.3 Å². The lowest BCUT2D eigenvalue weighted by atomic mass is 9.99. The molecule has 0 saturated carbocycles. The Morgan fingerprint density at radius 3 is 3.00 bits per heavy atom. The van der Waals surface area contributed by atoms with Gasteiger partial charge in [-0.2, -0.15) is 0 Å². The summed E-state index contributed by atoms with van der Waals surface area (Å²) in [6.07, 6.45) is 2.10. The number of piperidine rings is 1. The molecule has 134 valence electrons. The fraction of sp³-hybridized carbons (Fsp3) is 0.333. The van der Waals surface area contributed by atoms with E-state index in [2.05, 4.69) is 12.1 Å². The summed E-state index contributed by atoms with van der Waals surface area (Å²) in [6.45, 7) is 3.64. The lowest BCUT2D eigenvalue weighted by Gasteiger charge is -2.31. The van der Waals surface area contributed by atoms with E-state index in [0.29, 0.717) is 5.92 Å². The van der Waals surface area contributed by atoms with Crippen LogP contribution < -0.4 is 4.74 Å². The van der Waals surface area contributed by atoms with Gasteiger partial charge in [-0.3, -0.25) is 4.79 Å². The van der Waals surface area contributed by atoms with E-state index in [9.17, 15) is 4.79 Å². The van der Waals surface area contributed by atoms with Crippen molar-refractivity contribution in [2.24, 2.45) is 0 Å². The van der Waals surface area contributed by atoms with Gasteiger partial charge in [0.25, 0.3) is 5.91 Å². The van der Waals surface area contributed by atoms with E-state index < -0.39 is 0 Å². The van der Waals surface area contributed by atoms with E-state index in [0.717, 1.165) is 47.8 Å². The summed E-state index contributed by atoms with van der Waals surface area (Å²) in [5.41, 5.74) is 2.18. The third-order valence-electron chi connectivity index (χ3n) is 4.79. The Hall–Kier alpha value is -2.40. The third kappa shape index (κ3) is 3.73. The summed E-state index contributed by atoms with van der Waals surface area (Å²) in [5, 5.41) is 1.14. The molecule has 1 amide bonds. The summed E-state index contributed by atoms with van der Waals surface area (Å²) in [7, 11) is 0. The Morgan fingerprint density at radius 1 is 1.27 bits per heavy atom. The molecule has 0 aliphatic carbocycles. The van der Waals surface area contributed by atoms with Crippen LogP contribution in [0.1, 0.15) is 29.3 Å². The second kappa shape index (κ2) is 7.46. The quantitative estimate of drug-likeness (QED) is 0.688. The average Bonchev–Trinajstić information content (AvgIpc) is 3.10. The Balaban J connectivity index is 1.40. The molecule has 1 aromatic heterocycles. The molecule has 0 spiro atoms. The van der Waals surface area contributed by atoms with Crippen molar-refractivity contribution in [1.82, 2.24) is 9.88 Å². The fourth-order valence-electron chi connectivity index (χ4n) is 3.41. The largest absolute Gasteiger partial charge is 0.484 e. The molecule has 1 unspecified atom stereocenters. The van der Waals surface area contributed by atoms with Gasteiger partial charge < -0.3 is 9.64 Å². The number of carbonyl (C=O) groups excluding carboxylic acids is 1. The number of aryl methyl sites for hydroxylation is 1. The zero-order valence-electron chi connectivity index (χ0n) is 14.9. The second-order valence-electron chi connectivity index (χ2n) is 6.80. The maximum atomic E-state index is 12.6. The van der Waals surface area contributed by atoms with Crippen molar-refractivity contribution in [3.63, 3.8) is 0 Å². The number of rotatable bonds is 4. The molecular formula is C21H22N2O2S. The van der Waals surface area contributed by atoms with Gasteiger partial charge in [-0.05, 0) is 49.6 Å². The van der Waals surface area contributed by atoms with Crippen LogP contribution in [0.3, 0.4) is 0 Å². The minimum atomic E-state index is 0.0531. The molecule has 2 heterocycles. The van der Waals surface area contributed by atoms with Crippen LogP contribution >= 0.6 is 11.3 Å². The first-order chi connectivity index (χ1) is 12.7. The smallest absolute Gasteiger partial charge is 0.260 e. The lowest BCUT2D eigenvalue weighted by molar-refractivity contribution is -0.134. The minimum absolute atomic E-state index is 0.0531. The van der Waals surface area contributed by atoms with Gasteiger partial charge in [0.05, 0.1) is 15.2 Å². The number of hydrogen-bond acceptors (Lipinski definition) is 4. The summed E-state index contributed by atoms with van der Waals surface area (Å²) in [6, 6.07) is 16.0. The minimum Gasteiger partial charge on any atom is -0.484 e. The number of para-hydroxylation sites is 1. The first-order valence-corrected chi connectivity index (χ1v) is 9.83. The molecule has 5 heteroatoms. The van der Waals surface area contributed by atoms with Crippen LogP contribution in [0.2, 0.25) is 0 Å². The normalized spacial score (nSPS) is 17.4. The average molecular weight is 366 g/mol. The van der Waals surface area contributed by atoms with Gasteiger partial charge in [-0.25, -0.2) is 4.98 Å². The van der Waals surface area contributed by atoms with Crippen molar-refractivity contribution in [3.05, 3.63) is 59.1 Å². The van der Waals surface area contributed by atoms with Gasteiger partial charge in [0.1, 0.15) is 5.75 Å². The molecule has 0 N–H and O–H groups in total. The topological polar surface area (TPSA) is 42.4 Å². The van der Waals surface area contributed by atoms with Crippen molar-refractivity contribution in [1.29, 1.82) is 0 Å². The van der Waals surface area contributed by atoms with Crippen molar-refractivity contribution in [3.8, 4) is 5.75 Å². The summed E-state index contributed by atoms with van der Waals surface area (Å²) >= 11 is 1.75. The second-order valence-corrected chi connectivity index (χ2v) is 7.87. The highest BCUT2D eigenvalue weighted by Crippen LogP contribution is 2.33. The monoisotopic (exact) mass is 366 g/mol. The summed E-state index contributed by atoms with van der Waals surface area (Å²) in [5.74, 6) is 1.12. The molecule has 26 heavy (non-hydrogen) atoms. The van der Waals surface area contributed by atoms with E-state index in [4.69, 9.17) is 9.72 Å². The van der Waals surface area contributed by atoms with Gasteiger partial charge in [0.15, 0.2) is 6.61 Å². The van der Waals surface area contributed by atoms with Crippen LogP contribution in [0, 0.1) is 6.92 Å². The van der Waals surface area contributed by atoms with Crippen LogP contribution in [-0.2, 0) is 4.79 Å². The zero-order valence-corrected chi connectivity index (χ0v) is 15.7. The van der Waals surface area contributed by atoms with Crippen molar-refractivity contribution in [2.75, 3.05) is 19.7 Å². The number of aromatic nitrogens is 1. The Morgan fingerprint density at radius 2 is 2.15 bits per heavy atom. The highest BCUT2D eigenvalue weighted by Gasteiger charge is 2.27. The van der Waals surface area contributed by atoms with Gasteiger partial charge in [0, 0.05) is 19.0 Å². The van der Waals surface area contributed by atoms with Crippen LogP contribution in [-0.4, -0.2) is 35.5 Å². The molecule has 1 fully saturated rings. The fourth-order valence-corrected chi connectivity index (χ4v) is 4.50. The van der Waals surface area contributed by atoms with Crippen molar-refractivity contribution < 1.29 is 9.53 Å². The van der Waals surface area contributed by atoms with Gasteiger partial charge >= 0.3 is 0 Å². The van der Waals surface area contributed by atoms with Gasteiger partial charge in [0.2, 0.25) is 0 Å². The molecule has 1 saturated heterocycles. The predicted molar refractivity (Wildman–Crippen MR) is 105 cm³/mol. The van der Waals surface area contributed by atoms with E-state index in [1.165, 1.54) is 4.70 Å². The Labute approximate surface area is 157 Å². The number of hydrogen-bond donors (Lipinski definition) is 0. The molecule has 4 nitrogen and oxygen atoms in total. The maximum Gasteiger partial charge on any atom is 0.260 e. The number of benzene rings is 2. The molecule has 4 rings (SSSR count). The molecule has 0 bridgehead atoms. The SMILES string of the molecule is Cc1cccc(OCC(=O)N2CCCC(c3nc4ccccc4s3)C2)c1. The lowest BCUT2D eigenvalue weighted by Crippen LogP contribution is -2.41. The number of carbonyl (C=O) groups is 1. The highest BCUT2D eigenvalue weighted by atomic mass is 32.1. The molecule has 1 aliphatic rings. The van der Waals surface area contributed by atoms with Crippen LogP contribution in [0.5, 0.6) is 5.75 Å². The molecule has 0 radical (unpaired) electrons. The Kier molecular flexibility index (Phi) is 4.89. The third-order valence-corrected chi connectivity index (χ3v) is 5.98. The maximum absolute atomic E-state index is 12.6. The standard InChI is InChI=1S/C21H22N2O2S/c1-15-6-4-8-17(12-15)25-14-20(24)23-11-5-7-16(13-23)21-22-18-9-2-3-10-19(18)26-21/h2-4,6,8-10,12,16H,5,7,11,13-14H2,1H3. The number of nitrogens with zero attached hydrogens (tertiary/aromatic N) is 2. The first kappa shape index (κ1) is 17.0. The number of fused-ring (bicyclic) bond motifs is 1. The predicted octanol–water partition coefficient (Wildman–Crippen LogP) is 4.39. The number of likely N-dealkylation sites (tertiary alicyclic amines) is 1. The zero-order chi connectivity index (χ0) is 17.9. The van der Waals surface area contributed by atoms with E-state index >= 15 is 0 Å².